The van der Waals surface area contributed by atoms with Crippen molar-refractivity contribution in [2.45, 2.75) is 17.2 Å². The van der Waals surface area contributed by atoms with E-state index in [1.54, 1.807) is 18.2 Å². The molecule has 0 aromatic heterocycles. The molecule has 0 radical (unpaired) electrons. The van der Waals surface area contributed by atoms with E-state index in [9.17, 15) is 19.2 Å². The number of carbonyl (C=O) groups is 4. The van der Waals surface area contributed by atoms with Crippen LogP contribution in [0.5, 0.6) is 11.5 Å². The number of alkyl halides is 2. The maximum atomic E-state index is 13.1. The Morgan fingerprint density at radius 2 is 1.57 bits per heavy atom. The Balaban J connectivity index is 1.20. The van der Waals surface area contributed by atoms with E-state index in [1.165, 1.54) is 38.5 Å². The summed E-state index contributed by atoms with van der Waals surface area (Å²) in [5, 5.41) is 1.96. The van der Waals surface area contributed by atoms with E-state index in [4.69, 9.17) is 37.4 Å². The van der Waals surface area contributed by atoms with Gasteiger partial charge in [-0.25, -0.2) is 4.79 Å². The minimum absolute atomic E-state index is 0.112. The molecule has 0 spiro atoms. The van der Waals surface area contributed by atoms with Crippen molar-refractivity contribution in [2.75, 3.05) is 31.0 Å². The largest absolute Gasteiger partial charge is 0.497 e. The summed E-state index contributed by atoms with van der Waals surface area (Å²) in [6.45, 7) is -0.524. The molecule has 5 rings (SSSR count). The predicted octanol–water partition coefficient (Wildman–Crippen LogP) is 3.47. The lowest BCUT2D eigenvalue weighted by Crippen LogP contribution is -2.37. The number of nitrogens with zero attached hydrogens (tertiary/aromatic N) is 1. The summed E-state index contributed by atoms with van der Waals surface area (Å²) in [4.78, 5) is 52.2. The molecule has 2 aliphatic carbocycles. The van der Waals surface area contributed by atoms with Crippen molar-refractivity contribution in [3.8, 4) is 11.5 Å². The summed E-state index contributed by atoms with van der Waals surface area (Å²) in [5.41, 5.74) is 0.925. The second kappa shape index (κ2) is 9.87. The van der Waals surface area contributed by atoms with Gasteiger partial charge in [-0.05, 0) is 54.7 Å². The minimum Gasteiger partial charge on any atom is -0.497 e. The third kappa shape index (κ3) is 4.30. The minimum atomic E-state index is -0.729. The first-order valence-corrected chi connectivity index (χ1v) is 12.6. The third-order valence-electron chi connectivity index (χ3n) is 7.37. The summed E-state index contributed by atoms with van der Waals surface area (Å²) < 4.78 is 15.5. The van der Waals surface area contributed by atoms with Crippen molar-refractivity contribution in [3.05, 3.63) is 48.0 Å². The fourth-order valence-corrected chi connectivity index (χ4v) is 6.55. The predicted molar refractivity (Wildman–Crippen MR) is 135 cm³/mol. The Morgan fingerprint density at radius 3 is 2.14 bits per heavy atom. The first-order chi connectivity index (χ1) is 17.7. The van der Waals surface area contributed by atoms with Gasteiger partial charge in [0.2, 0.25) is 11.8 Å². The molecule has 194 valence electrons. The van der Waals surface area contributed by atoms with Gasteiger partial charge in [0.25, 0.3) is 5.91 Å². The molecule has 2 aromatic carbocycles. The van der Waals surface area contributed by atoms with Gasteiger partial charge in [-0.15, -0.1) is 23.2 Å². The van der Waals surface area contributed by atoms with Crippen LogP contribution in [0.25, 0.3) is 0 Å². The quantitative estimate of drug-likeness (QED) is 0.321. The van der Waals surface area contributed by atoms with E-state index in [1.807, 2.05) is 0 Å². The molecular formula is C26H24Cl2N2O7. The molecule has 2 saturated carbocycles. The standard InChI is InChI=1S/C26H24Cl2N2O7/c1-35-14-7-8-17(18(9-14)36-2)29-19(31)11-37-26(34)12-3-5-13(6-4-12)30-24(32)20-15-10-16(21(20)25(30)33)23(28)22(15)27/h3-9,15-16,20-23H,10-11H2,1-2H3,(H,29,31)/t15-,16-,20-,21-,22-,23+/m1/s1. The molecule has 3 aliphatic rings. The van der Waals surface area contributed by atoms with E-state index < -0.39 is 30.3 Å². The Morgan fingerprint density at radius 1 is 0.946 bits per heavy atom. The van der Waals surface area contributed by atoms with Crippen LogP contribution < -0.4 is 19.7 Å². The van der Waals surface area contributed by atoms with E-state index in [-0.39, 0.29) is 40.0 Å². The van der Waals surface area contributed by atoms with Crippen molar-refractivity contribution in [3.63, 3.8) is 0 Å². The Bertz CT molecular complexity index is 1240. The SMILES string of the molecule is COc1ccc(NC(=O)COC(=O)c2ccc(N3C(=O)[C@@H]4[C@H]5C[C@@H]([C@@H](Cl)[C@H]5Cl)[C@H]4C3=O)cc2)c(OC)c1. The molecule has 1 heterocycles. The highest BCUT2D eigenvalue weighted by Crippen LogP contribution is 2.59. The molecule has 3 amide bonds. The van der Waals surface area contributed by atoms with Crippen molar-refractivity contribution in [1.29, 1.82) is 0 Å². The van der Waals surface area contributed by atoms with E-state index in [0.29, 0.717) is 29.3 Å². The normalized spacial score (nSPS) is 27.7. The maximum Gasteiger partial charge on any atom is 0.338 e. The number of hydrogen-bond acceptors (Lipinski definition) is 7. The number of carbonyl (C=O) groups excluding carboxylic acids is 4. The van der Waals surface area contributed by atoms with Crippen LogP contribution in [0.4, 0.5) is 11.4 Å². The molecule has 1 aliphatic heterocycles. The number of imide groups is 1. The van der Waals surface area contributed by atoms with Crippen LogP contribution >= 0.6 is 23.2 Å². The monoisotopic (exact) mass is 546 g/mol. The highest BCUT2D eigenvalue weighted by molar-refractivity contribution is 6.32. The zero-order valence-electron chi connectivity index (χ0n) is 20.0. The first kappa shape index (κ1) is 25.4. The molecule has 6 atom stereocenters. The van der Waals surface area contributed by atoms with Gasteiger partial charge < -0.3 is 19.5 Å². The highest BCUT2D eigenvalue weighted by Gasteiger charge is 2.66. The fraction of sp³-hybridized carbons (Fsp3) is 0.385. The Hall–Kier alpha value is -3.30. The van der Waals surface area contributed by atoms with E-state index in [0.717, 1.165) is 4.90 Å². The van der Waals surface area contributed by atoms with Crippen molar-refractivity contribution >= 4 is 58.3 Å². The number of hydrogen-bond donors (Lipinski definition) is 1. The van der Waals surface area contributed by atoms with Crippen LogP contribution in [0, 0.1) is 23.7 Å². The number of anilines is 2. The second-order valence-corrected chi connectivity index (χ2v) is 10.3. The number of fused-ring (bicyclic) bond motifs is 5. The molecular weight excluding hydrogens is 523 g/mol. The third-order valence-corrected chi connectivity index (χ3v) is 8.68. The van der Waals surface area contributed by atoms with Gasteiger partial charge in [0, 0.05) is 6.07 Å². The number of halogens is 2. The molecule has 1 saturated heterocycles. The van der Waals surface area contributed by atoms with Crippen molar-refractivity contribution < 1.29 is 33.4 Å². The van der Waals surface area contributed by atoms with Crippen LogP contribution in [-0.4, -0.2) is 55.3 Å². The van der Waals surface area contributed by atoms with Crippen molar-refractivity contribution in [1.82, 2.24) is 0 Å². The number of methoxy groups -OCH3 is 2. The molecule has 2 bridgehead atoms. The first-order valence-electron chi connectivity index (χ1n) is 11.7. The molecule has 0 unspecified atom stereocenters. The number of benzene rings is 2. The Labute approximate surface area is 222 Å². The number of ether oxygens (including phenoxy) is 3. The summed E-state index contributed by atoms with van der Waals surface area (Å²) >= 11 is 12.8. The van der Waals surface area contributed by atoms with Gasteiger partial charge in [0.15, 0.2) is 6.61 Å². The average molecular weight is 547 g/mol. The summed E-state index contributed by atoms with van der Waals surface area (Å²) in [5.74, 6) is -2.03. The molecule has 9 nitrogen and oxygen atoms in total. The summed E-state index contributed by atoms with van der Waals surface area (Å²) in [7, 11) is 2.97. The summed E-state index contributed by atoms with van der Waals surface area (Å²) in [6.07, 6.45) is 0.687. The van der Waals surface area contributed by atoms with Crippen LogP contribution in [0.15, 0.2) is 42.5 Å². The fourth-order valence-electron chi connectivity index (χ4n) is 5.65. The van der Waals surface area contributed by atoms with Crippen LogP contribution in [0.3, 0.4) is 0 Å². The lowest BCUT2D eigenvalue weighted by molar-refractivity contribution is -0.123. The van der Waals surface area contributed by atoms with Gasteiger partial charge in [-0.2, -0.15) is 0 Å². The zero-order chi connectivity index (χ0) is 26.4. The molecule has 3 fully saturated rings. The van der Waals surface area contributed by atoms with Gasteiger partial charge in [0.05, 0.1) is 53.7 Å². The van der Waals surface area contributed by atoms with E-state index >= 15 is 0 Å². The van der Waals surface area contributed by atoms with Crippen LogP contribution in [0.1, 0.15) is 16.8 Å². The highest BCUT2D eigenvalue weighted by atomic mass is 35.5. The van der Waals surface area contributed by atoms with Crippen LogP contribution in [-0.2, 0) is 19.1 Å². The molecule has 1 N–H and O–H groups in total. The average Bonchev–Trinajstić information content (AvgIpc) is 3.52. The smallest absolute Gasteiger partial charge is 0.338 e. The summed E-state index contributed by atoms with van der Waals surface area (Å²) in [6, 6.07) is 10.8. The molecule has 11 heteroatoms. The maximum absolute atomic E-state index is 13.1. The number of rotatable bonds is 7. The second-order valence-electron chi connectivity index (χ2n) is 9.25. The van der Waals surface area contributed by atoms with Gasteiger partial charge >= 0.3 is 5.97 Å². The van der Waals surface area contributed by atoms with Crippen LogP contribution in [0.2, 0.25) is 0 Å². The van der Waals surface area contributed by atoms with Crippen molar-refractivity contribution in [2.24, 2.45) is 23.7 Å². The number of amides is 3. The molecule has 37 heavy (non-hydrogen) atoms. The van der Waals surface area contributed by atoms with Gasteiger partial charge in [0.1, 0.15) is 11.5 Å². The lowest BCUT2D eigenvalue weighted by atomic mass is 9.80. The number of esters is 1. The number of nitrogens with one attached hydrogen (secondary N) is 1. The zero-order valence-corrected chi connectivity index (χ0v) is 21.5. The van der Waals surface area contributed by atoms with Gasteiger partial charge in [-0.3, -0.25) is 19.3 Å². The van der Waals surface area contributed by atoms with Gasteiger partial charge in [-0.1, -0.05) is 0 Å². The van der Waals surface area contributed by atoms with E-state index in [2.05, 4.69) is 5.32 Å². The topological polar surface area (TPSA) is 111 Å². The molecule has 2 aromatic rings. The lowest BCUT2D eigenvalue weighted by Gasteiger charge is -2.28. The Kier molecular flexibility index (Phi) is 6.76.